The van der Waals surface area contributed by atoms with Crippen molar-refractivity contribution in [1.82, 2.24) is 15.2 Å². The molecule has 2 N–H and O–H groups in total. The molecular weight excluding hydrogens is 324 g/mol. The maximum Gasteiger partial charge on any atom is 0.321 e. The van der Waals surface area contributed by atoms with E-state index in [1.165, 1.54) is 24.2 Å². The van der Waals surface area contributed by atoms with Gasteiger partial charge in [-0.1, -0.05) is 30.3 Å². The number of carbonyl (C=O) groups excluding carboxylic acids is 2. The molecule has 3 amide bonds. The first kappa shape index (κ1) is 17.0. The van der Waals surface area contributed by atoms with Crippen molar-refractivity contribution in [2.45, 2.75) is 57.5 Å². The van der Waals surface area contributed by atoms with E-state index in [-0.39, 0.29) is 18.0 Å². The summed E-state index contributed by atoms with van der Waals surface area (Å²) in [7, 11) is 0. The van der Waals surface area contributed by atoms with Crippen LogP contribution in [-0.4, -0.2) is 34.4 Å². The highest BCUT2D eigenvalue weighted by Crippen LogP contribution is 2.28. The van der Waals surface area contributed by atoms with Crippen molar-refractivity contribution in [1.29, 1.82) is 0 Å². The van der Waals surface area contributed by atoms with Gasteiger partial charge >= 0.3 is 6.03 Å². The maximum atomic E-state index is 12.1. The van der Waals surface area contributed by atoms with E-state index in [0.29, 0.717) is 31.1 Å². The molecule has 130 valence electrons. The van der Waals surface area contributed by atoms with E-state index in [9.17, 15) is 9.59 Å². The van der Waals surface area contributed by atoms with E-state index in [0.717, 1.165) is 29.8 Å². The van der Waals surface area contributed by atoms with Crippen LogP contribution < -0.4 is 10.6 Å². The molecule has 1 saturated carbocycles. The minimum absolute atomic E-state index is 0.155. The normalized spacial score (nSPS) is 17.4. The minimum atomic E-state index is -0.174. The van der Waals surface area contributed by atoms with Gasteiger partial charge in [-0.15, -0.1) is 6.58 Å². The second kappa shape index (κ2) is 7.79. The van der Waals surface area contributed by atoms with Crippen molar-refractivity contribution in [3.05, 3.63) is 23.2 Å². The predicted molar refractivity (Wildman–Crippen MR) is 95.1 cm³/mol. The summed E-state index contributed by atoms with van der Waals surface area (Å²) in [4.78, 5) is 31.6. The lowest BCUT2D eigenvalue weighted by atomic mass is 10.1. The highest BCUT2D eigenvalue weighted by Gasteiger charge is 2.24. The second-order valence-corrected chi connectivity index (χ2v) is 7.44. The molecule has 2 heterocycles. The van der Waals surface area contributed by atoms with Crippen molar-refractivity contribution in [3.63, 3.8) is 0 Å². The van der Waals surface area contributed by atoms with Crippen LogP contribution in [0.25, 0.3) is 0 Å². The van der Waals surface area contributed by atoms with Gasteiger partial charge in [0.25, 0.3) is 0 Å². The molecule has 0 atom stereocenters. The number of fused-ring (bicyclic) bond motifs is 1. The van der Waals surface area contributed by atoms with Crippen LogP contribution in [0.15, 0.2) is 12.7 Å². The Kier molecular flexibility index (Phi) is 5.50. The van der Waals surface area contributed by atoms with Gasteiger partial charge in [0.15, 0.2) is 5.13 Å². The fraction of sp³-hybridized carbons (Fsp3) is 0.588. The van der Waals surface area contributed by atoms with Gasteiger partial charge < -0.3 is 10.2 Å². The number of urea groups is 1. The first-order valence-electron chi connectivity index (χ1n) is 8.60. The first-order chi connectivity index (χ1) is 11.7. The SMILES string of the molecule is C=CCCC(=O)N1CCc2nc(NC(=O)NC3CCCC3)sc2C1. The standard InChI is InChI=1S/C17H24N4O2S/c1-2-3-8-15(22)21-10-9-13-14(11-21)24-17(19-13)20-16(23)18-12-6-4-5-7-12/h2,12H,1,3-11H2,(H2,18,19,20,23). The van der Waals surface area contributed by atoms with Crippen molar-refractivity contribution in [2.75, 3.05) is 11.9 Å². The Morgan fingerprint density at radius 3 is 2.92 bits per heavy atom. The number of hydrogen-bond donors (Lipinski definition) is 2. The number of hydrogen-bond acceptors (Lipinski definition) is 4. The number of amides is 3. The quantitative estimate of drug-likeness (QED) is 0.803. The molecule has 2 aliphatic rings. The number of allylic oxidation sites excluding steroid dienone is 1. The van der Waals surface area contributed by atoms with E-state index in [4.69, 9.17) is 0 Å². The van der Waals surface area contributed by atoms with Gasteiger partial charge in [-0.2, -0.15) is 0 Å². The smallest absolute Gasteiger partial charge is 0.321 e. The molecular formula is C17H24N4O2S. The molecule has 1 fully saturated rings. The lowest BCUT2D eigenvalue weighted by molar-refractivity contribution is -0.132. The molecule has 0 spiro atoms. The Hall–Kier alpha value is -1.89. The zero-order chi connectivity index (χ0) is 16.9. The largest absolute Gasteiger partial charge is 0.337 e. The fourth-order valence-electron chi connectivity index (χ4n) is 3.23. The lowest BCUT2D eigenvalue weighted by Crippen LogP contribution is -2.36. The molecule has 0 radical (unpaired) electrons. The third-order valence-corrected chi connectivity index (χ3v) is 5.55. The van der Waals surface area contributed by atoms with Crippen LogP contribution in [0.1, 0.15) is 49.1 Å². The van der Waals surface area contributed by atoms with E-state index < -0.39 is 0 Å². The summed E-state index contributed by atoms with van der Waals surface area (Å²) < 4.78 is 0. The molecule has 7 heteroatoms. The van der Waals surface area contributed by atoms with Gasteiger partial charge in [0.1, 0.15) is 0 Å². The van der Waals surface area contributed by atoms with Crippen LogP contribution in [0.2, 0.25) is 0 Å². The van der Waals surface area contributed by atoms with Gasteiger partial charge in [0.2, 0.25) is 5.91 Å². The Labute approximate surface area is 146 Å². The summed E-state index contributed by atoms with van der Waals surface area (Å²) in [5.41, 5.74) is 1.00. The second-order valence-electron chi connectivity index (χ2n) is 6.36. The van der Waals surface area contributed by atoms with Crippen LogP contribution >= 0.6 is 11.3 Å². The number of nitrogens with zero attached hydrogens (tertiary/aromatic N) is 2. The molecule has 24 heavy (non-hydrogen) atoms. The van der Waals surface area contributed by atoms with Crippen molar-refractivity contribution >= 4 is 28.4 Å². The summed E-state index contributed by atoms with van der Waals surface area (Å²) in [5, 5.41) is 6.47. The lowest BCUT2D eigenvalue weighted by Gasteiger charge is -2.25. The number of rotatable bonds is 5. The summed E-state index contributed by atoms with van der Waals surface area (Å²) in [6.45, 7) is 4.94. The Bertz CT molecular complexity index is 622. The van der Waals surface area contributed by atoms with Crippen LogP contribution in [0.4, 0.5) is 9.93 Å². The minimum Gasteiger partial charge on any atom is -0.337 e. The first-order valence-corrected chi connectivity index (χ1v) is 9.42. The molecule has 3 rings (SSSR count). The maximum absolute atomic E-state index is 12.1. The number of anilines is 1. The van der Waals surface area contributed by atoms with Gasteiger partial charge in [-0.05, 0) is 19.3 Å². The topological polar surface area (TPSA) is 74.3 Å². The summed E-state index contributed by atoms with van der Waals surface area (Å²) in [6.07, 6.45) is 8.22. The third kappa shape index (κ3) is 4.14. The van der Waals surface area contributed by atoms with Crippen molar-refractivity contribution in [2.24, 2.45) is 0 Å². The van der Waals surface area contributed by atoms with Gasteiger partial charge in [-0.3, -0.25) is 10.1 Å². The third-order valence-electron chi connectivity index (χ3n) is 4.56. The van der Waals surface area contributed by atoms with Crippen LogP contribution in [0.3, 0.4) is 0 Å². The van der Waals surface area contributed by atoms with Crippen molar-refractivity contribution < 1.29 is 9.59 Å². The number of carbonyl (C=O) groups is 2. The van der Waals surface area contributed by atoms with Crippen LogP contribution in [-0.2, 0) is 17.8 Å². The van der Waals surface area contributed by atoms with Crippen molar-refractivity contribution in [3.8, 4) is 0 Å². The number of thiazole rings is 1. The molecule has 1 aromatic rings. The summed E-state index contributed by atoms with van der Waals surface area (Å²) in [6, 6.07) is 0.115. The Morgan fingerprint density at radius 2 is 2.17 bits per heavy atom. The van der Waals surface area contributed by atoms with Gasteiger partial charge in [0, 0.05) is 30.3 Å². The zero-order valence-electron chi connectivity index (χ0n) is 13.8. The molecule has 0 bridgehead atoms. The number of aromatic nitrogens is 1. The monoisotopic (exact) mass is 348 g/mol. The van der Waals surface area contributed by atoms with Crippen LogP contribution in [0.5, 0.6) is 0 Å². The molecule has 0 saturated heterocycles. The average molecular weight is 348 g/mol. The molecule has 0 aromatic carbocycles. The highest BCUT2D eigenvalue weighted by atomic mass is 32.1. The fourth-order valence-corrected chi connectivity index (χ4v) is 4.25. The molecule has 1 aliphatic carbocycles. The highest BCUT2D eigenvalue weighted by molar-refractivity contribution is 7.15. The molecule has 1 aliphatic heterocycles. The van der Waals surface area contributed by atoms with E-state index in [1.54, 1.807) is 6.08 Å². The number of nitrogens with one attached hydrogen (secondary N) is 2. The molecule has 6 nitrogen and oxygen atoms in total. The summed E-state index contributed by atoms with van der Waals surface area (Å²) >= 11 is 1.47. The van der Waals surface area contributed by atoms with Gasteiger partial charge in [-0.25, -0.2) is 9.78 Å². The Morgan fingerprint density at radius 1 is 1.38 bits per heavy atom. The predicted octanol–water partition coefficient (Wildman–Crippen LogP) is 3.06. The Balaban J connectivity index is 1.55. The zero-order valence-corrected chi connectivity index (χ0v) is 14.7. The molecule has 0 unspecified atom stereocenters. The van der Waals surface area contributed by atoms with Crippen LogP contribution in [0, 0.1) is 0 Å². The average Bonchev–Trinajstić information content (AvgIpc) is 3.20. The van der Waals surface area contributed by atoms with E-state index in [1.807, 2.05) is 4.90 Å². The van der Waals surface area contributed by atoms with Gasteiger partial charge in [0.05, 0.1) is 12.2 Å². The van der Waals surface area contributed by atoms with E-state index in [2.05, 4.69) is 22.2 Å². The molecule has 1 aromatic heterocycles. The van der Waals surface area contributed by atoms with E-state index >= 15 is 0 Å². The summed E-state index contributed by atoms with van der Waals surface area (Å²) in [5.74, 6) is 0.155.